The van der Waals surface area contributed by atoms with Crippen molar-refractivity contribution in [3.63, 3.8) is 0 Å². The summed E-state index contributed by atoms with van der Waals surface area (Å²) in [7, 11) is 0. The summed E-state index contributed by atoms with van der Waals surface area (Å²) in [5.74, 6) is 0.848. The molecule has 0 bridgehead atoms. The fourth-order valence-corrected chi connectivity index (χ4v) is 3.26. The van der Waals surface area contributed by atoms with Crippen molar-refractivity contribution in [1.29, 1.82) is 0 Å². The van der Waals surface area contributed by atoms with Gasteiger partial charge in [-0.2, -0.15) is 0 Å². The zero-order valence-corrected chi connectivity index (χ0v) is 15.9. The third-order valence-corrected chi connectivity index (χ3v) is 4.62. The summed E-state index contributed by atoms with van der Waals surface area (Å²) >= 11 is 0. The van der Waals surface area contributed by atoms with Gasteiger partial charge < -0.3 is 15.8 Å². The van der Waals surface area contributed by atoms with Crippen LogP contribution in [0.5, 0.6) is 5.75 Å². The number of halogens is 1. The van der Waals surface area contributed by atoms with Crippen LogP contribution in [0.2, 0.25) is 0 Å². The number of fused-ring (bicyclic) bond motifs is 1. The number of rotatable bonds is 6. The van der Waals surface area contributed by atoms with E-state index in [9.17, 15) is 4.79 Å². The number of hydrogen-bond donors (Lipinski definition) is 2. The van der Waals surface area contributed by atoms with E-state index in [1.165, 1.54) is 5.56 Å². The largest absolute Gasteiger partial charge is 0.493 e. The van der Waals surface area contributed by atoms with Gasteiger partial charge in [-0.15, -0.1) is 12.4 Å². The summed E-state index contributed by atoms with van der Waals surface area (Å²) in [4.78, 5) is 12.5. The van der Waals surface area contributed by atoms with Gasteiger partial charge in [-0.05, 0) is 48.1 Å². The van der Waals surface area contributed by atoms with Gasteiger partial charge in [-0.25, -0.2) is 0 Å². The number of benzene rings is 2. The number of amides is 1. The maximum Gasteiger partial charge on any atom is 0.237 e. The van der Waals surface area contributed by atoms with Crippen LogP contribution in [0.3, 0.4) is 0 Å². The summed E-state index contributed by atoms with van der Waals surface area (Å²) < 4.78 is 5.71. The smallest absolute Gasteiger partial charge is 0.237 e. The molecule has 3 rings (SSSR count). The Balaban J connectivity index is 0.00000243. The predicted octanol–water partition coefficient (Wildman–Crippen LogP) is 3.77. The first-order valence-corrected chi connectivity index (χ1v) is 9.05. The molecule has 2 atom stereocenters. The molecule has 0 fully saturated rings. The molecule has 5 heteroatoms. The van der Waals surface area contributed by atoms with Gasteiger partial charge in [0.25, 0.3) is 0 Å². The Kier molecular flexibility index (Phi) is 7.49. The van der Waals surface area contributed by atoms with Gasteiger partial charge in [0.1, 0.15) is 5.75 Å². The molecule has 3 N–H and O–H groups in total. The molecule has 2 aromatic carbocycles. The molecular weight excluding hydrogens is 348 g/mol. The maximum atomic E-state index is 12.5. The number of carbonyl (C=O) groups excluding carboxylic acids is 1. The third-order valence-electron chi connectivity index (χ3n) is 4.62. The minimum absolute atomic E-state index is 0. The Morgan fingerprint density at radius 1 is 1.19 bits per heavy atom. The zero-order chi connectivity index (χ0) is 17.6. The van der Waals surface area contributed by atoms with Crippen LogP contribution >= 0.6 is 12.4 Å². The van der Waals surface area contributed by atoms with E-state index >= 15 is 0 Å². The summed E-state index contributed by atoms with van der Waals surface area (Å²) in [5.41, 5.74) is 9.33. The molecule has 0 saturated carbocycles. The minimum atomic E-state index is -0.475. The van der Waals surface area contributed by atoms with Crippen LogP contribution < -0.4 is 15.8 Å². The van der Waals surface area contributed by atoms with Crippen LogP contribution in [0.4, 0.5) is 0 Å². The molecule has 1 aliphatic rings. The molecule has 0 radical (unpaired) electrons. The second kappa shape index (κ2) is 9.60. The molecule has 140 valence electrons. The number of nitrogens with two attached hydrogens (primary N) is 1. The molecule has 0 saturated heterocycles. The molecule has 0 spiro atoms. The lowest BCUT2D eigenvalue weighted by atomic mass is 9.94. The molecule has 1 heterocycles. The number of aryl methyl sites for hydroxylation is 1. The highest BCUT2D eigenvalue weighted by Crippen LogP contribution is 2.30. The average Bonchev–Trinajstić information content (AvgIpc) is 2.66. The summed E-state index contributed by atoms with van der Waals surface area (Å²) in [5, 5.41) is 3.14. The van der Waals surface area contributed by atoms with Crippen LogP contribution in [0.25, 0.3) is 0 Å². The highest BCUT2D eigenvalue weighted by molar-refractivity contribution is 5.85. The second-order valence-electron chi connectivity index (χ2n) is 6.57. The average molecular weight is 375 g/mol. The van der Waals surface area contributed by atoms with Crippen LogP contribution in [-0.2, 0) is 11.2 Å². The number of ether oxygens (including phenoxy) is 1. The first-order chi connectivity index (χ1) is 12.2. The lowest BCUT2D eigenvalue weighted by Crippen LogP contribution is -2.42. The van der Waals surface area contributed by atoms with Crippen LogP contribution in [-0.4, -0.2) is 18.6 Å². The fraction of sp³-hybridized carbons (Fsp3) is 0.381. The first-order valence-electron chi connectivity index (χ1n) is 9.05. The van der Waals surface area contributed by atoms with Gasteiger partial charge in [-0.1, -0.05) is 49.7 Å². The van der Waals surface area contributed by atoms with E-state index < -0.39 is 6.04 Å². The summed E-state index contributed by atoms with van der Waals surface area (Å²) in [6, 6.07) is 15.5. The fourth-order valence-electron chi connectivity index (χ4n) is 3.26. The topological polar surface area (TPSA) is 64.4 Å². The minimum Gasteiger partial charge on any atom is -0.493 e. The van der Waals surface area contributed by atoms with Crippen molar-refractivity contribution in [2.75, 3.05) is 6.61 Å². The van der Waals surface area contributed by atoms with Crippen molar-refractivity contribution < 1.29 is 9.53 Å². The third kappa shape index (κ3) is 4.77. The van der Waals surface area contributed by atoms with E-state index in [4.69, 9.17) is 10.5 Å². The van der Waals surface area contributed by atoms with Gasteiger partial charge in [-0.3, -0.25) is 4.79 Å². The highest BCUT2D eigenvalue weighted by Gasteiger charge is 2.22. The van der Waals surface area contributed by atoms with E-state index in [-0.39, 0.29) is 24.4 Å². The Hall–Kier alpha value is -2.04. The van der Waals surface area contributed by atoms with E-state index in [1.54, 1.807) is 0 Å². The van der Waals surface area contributed by atoms with Crippen molar-refractivity contribution in [2.45, 2.75) is 44.7 Å². The summed E-state index contributed by atoms with van der Waals surface area (Å²) in [6.07, 6.45) is 3.61. The molecule has 0 aliphatic carbocycles. The van der Waals surface area contributed by atoms with E-state index in [2.05, 4.69) is 11.4 Å². The predicted molar refractivity (Wildman–Crippen MR) is 107 cm³/mol. The molecule has 1 aliphatic heterocycles. The standard InChI is InChI=1S/C21H26N2O2.ClH/c1-2-7-18(22)21(24)23-20(15-8-4-3-5-9-15)17-11-12-19-16(14-17)10-6-13-25-19;/h3-5,8-9,11-12,14,18,20H,2,6-7,10,13,22H2,1H3,(H,23,24);1H. The quantitative estimate of drug-likeness (QED) is 0.809. The molecule has 2 unspecified atom stereocenters. The SMILES string of the molecule is CCCC(N)C(=O)NC(c1ccccc1)c1ccc2c(c1)CCCO2.Cl. The Morgan fingerprint density at radius 3 is 2.69 bits per heavy atom. The normalized spacial score (nSPS) is 15.0. The van der Waals surface area contributed by atoms with Crippen molar-refractivity contribution in [2.24, 2.45) is 5.73 Å². The van der Waals surface area contributed by atoms with Crippen molar-refractivity contribution in [3.8, 4) is 5.75 Å². The van der Waals surface area contributed by atoms with E-state index in [1.807, 2.05) is 49.4 Å². The van der Waals surface area contributed by atoms with Crippen LogP contribution in [0.1, 0.15) is 48.9 Å². The second-order valence-corrected chi connectivity index (χ2v) is 6.57. The van der Waals surface area contributed by atoms with E-state index in [0.29, 0.717) is 6.42 Å². The summed E-state index contributed by atoms with van der Waals surface area (Å²) in [6.45, 7) is 2.81. The van der Waals surface area contributed by atoms with Gasteiger partial charge in [0.2, 0.25) is 5.91 Å². The van der Waals surface area contributed by atoms with E-state index in [0.717, 1.165) is 42.7 Å². The molecular formula is C21H27ClN2O2. The Bertz CT molecular complexity index is 721. The van der Waals surface area contributed by atoms with Crippen molar-refractivity contribution in [1.82, 2.24) is 5.32 Å². The van der Waals surface area contributed by atoms with Gasteiger partial charge in [0, 0.05) is 0 Å². The van der Waals surface area contributed by atoms with Crippen molar-refractivity contribution in [3.05, 3.63) is 65.2 Å². The lowest BCUT2D eigenvalue weighted by molar-refractivity contribution is -0.123. The number of hydrogen-bond acceptors (Lipinski definition) is 3. The van der Waals surface area contributed by atoms with Gasteiger partial charge >= 0.3 is 0 Å². The molecule has 4 nitrogen and oxygen atoms in total. The molecule has 1 amide bonds. The van der Waals surface area contributed by atoms with Crippen LogP contribution in [0.15, 0.2) is 48.5 Å². The monoisotopic (exact) mass is 374 g/mol. The first kappa shape index (κ1) is 20.3. The van der Waals surface area contributed by atoms with Crippen LogP contribution in [0, 0.1) is 0 Å². The molecule has 0 aromatic heterocycles. The zero-order valence-electron chi connectivity index (χ0n) is 15.1. The van der Waals surface area contributed by atoms with Crippen molar-refractivity contribution >= 4 is 18.3 Å². The highest BCUT2D eigenvalue weighted by atomic mass is 35.5. The molecule has 26 heavy (non-hydrogen) atoms. The number of carbonyl (C=O) groups is 1. The Labute approximate surface area is 161 Å². The molecule has 2 aromatic rings. The number of nitrogens with one attached hydrogen (secondary N) is 1. The Morgan fingerprint density at radius 2 is 1.96 bits per heavy atom. The van der Waals surface area contributed by atoms with Gasteiger partial charge in [0.05, 0.1) is 18.7 Å². The lowest BCUT2D eigenvalue weighted by Gasteiger charge is -2.24. The van der Waals surface area contributed by atoms with Gasteiger partial charge in [0.15, 0.2) is 0 Å². The maximum absolute atomic E-state index is 12.5.